The third-order valence-corrected chi connectivity index (χ3v) is 11.4. The number of amides is 3. The molecule has 2 fully saturated rings. The van der Waals surface area contributed by atoms with E-state index < -0.39 is 6.04 Å². The molecule has 2 N–H and O–H groups in total. The van der Waals surface area contributed by atoms with E-state index in [9.17, 15) is 14.4 Å². The van der Waals surface area contributed by atoms with Gasteiger partial charge in [0.15, 0.2) is 5.13 Å². The number of likely N-dealkylation sites (tertiary alicyclic amines) is 1. The average molecular weight is 655 g/mol. The van der Waals surface area contributed by atoms with Crippen LogP contribution < -0.4 is 10.6 Å². The van der Waals surface area contributed by atoms with Crippen LogP contribution in [0.5, 0.6) is 0 Å². The predicted octanol–water partition coefficient (Wildman–Crippen LogP) is 4.88. The highest BCUT2D eigenvalue weighted by Crippen LogP contribution is 2.42. The monoisotopic (exact) mass is 654 g/mol. The first-order valence-corrected chi connectivity index (χ1v) is 17.3. The number of hydrogen-bond acceptors (Lipinski definition) is 11. The molecule has 3 aromatic rings. The van der Waals surface area contributed by atoms with Crippen LogP contribution in [0.1, 0.15) is 80.2 Å². The van der Waals surface area contributed by atoms with E-state index in [1.807, 2.05) is 0 Å². The van der Waals surface area contributed by atoms with Crippen molar-refractivity contribution in [2.75, 3.05) is 18.0 Å². The number of imide groups is 1. The number of thioether (sulfide) groups is 1. The molecule has 0 radical (unpaired) electrons. The van der Waals surface area contributed by atoms with Crippen LogP contribution in [0.4, 0.5) is 5.13 Å². The molecule has 3 amide bonds. The molecule has 3 aliphatic heterocycles. The fourth-order valence-corrected chi connectivity index (χ4v) is 8.41. The zero-order valence-corrected chi connectivity index (χ0v) is 27.7. The Morgan fingerprint density at radius 2 is 1.93 bits per heavy atom. The summed E-state index contributed by atoms with van der Waals surface area (Å²) in [5.74, 6) is 1.28. The summed E-state index contributed by atoms with van der Waals surface area (Å²) in [7, 11) is 0. The van der Waals surface area contributed by atoms with Gasteiger partial charge < -0.3 is 10.2 Å². The lowest BCUT2D eigenvalue weighted by Gasteiger charge is -2.36. The number of carbonyl (C=O) groups excluding carboxylic acids is 3. The minimum absolute atomic E-state index is 0.0279. The number of hydrogen-bond donors (Lipinski definition) is 2. The lowest BCUT2D eigenvalue weighted by atomic mass is 9.94. The lowest BCUT2D eigenvalue weighted by molar-refractivity contribution is -0.133. The maximum absolute atomic E-state index is 13.8. The van der Waals surface area contributed by atoms with Crippen LogP contribution >= 0.6 is 35.7 Å². The quantitative estimate of drug-likeness (QED) is 0.199. The summed E-state index contributed by atoms with van der Waals surface area (Å²) in [5.41, 5.74) is 8.82. The number of nitrogens with zero attached hydrogens (tertiary/aromatic N) is 5. The van der Waals surface area contributed by atoms with Gasteiger partial charge in [-0.3, -0.25) is 24.2 Å². The summed E-state index contributed by atoms with van der Waals surface area (Å²) in [6.07, 6.45) is 5.78. The van der Waals surface area contributed by atoms with E-state index >= 15 is 0 Å². The molecule has 2 unspecified atom stereocenters. The van der Waals surface area contributed by atoms with Gasteiger partial charge in [-0.1, -0.05) is 50.3 Å². The molecule has 3 aliphatic rings. The van der Waals surface area contributed by atoms with Crippen molar-refractivity contribution in [3.63, 3.8) is 0 Å². The molecule has 5 heterocycles. The number of anilines is 1. The van der Waals surface area contributed by atoms with Gasteiger partial charge in [-0.15, -0.1) is 11.8 Å². The molecule has 0 saturated carbocycles. The zero-order valence-electron chi connectivity index (χ0n) is 25.2. The van der Waals surface area contributed by atoms with Gasteiger partial charge in [0.25, 0.3) is 5.91 Å². The number of primary amides is 1. The van der Waals surface area contributed by atoms with Gasteiger partial charge in [-0.25, -0.2) is 14.9 Å². The highest BCUT2D eigenvalue weighted by molar-refractivity contribution is 8.00. The maximum Gasteiger partial charge on any atom is 0.253 e. The summed E-state index contributed by atoms with van der Waals surface area (Å²) < 4.78 is 6.77. The van der Waals surface area contributed by atoms with Gasteiger partial charge in [0.1, 0.15) is 5.76 Å². The van der Waals surface area contributed by atoms with Crippen molar-refractivity contribution < 1.29 is 18.8 Å². The van der Waals surface area contributed by atoms with Gasteiger partial charge in [0, 0.05) is 30.8 Å². The fourth-order valence-electron chi connectivity index (χ4n) is 6.08. The van der Waals surface area contributed by atoms with Crippen LogP contribution in [0.3, 0.4) is 0 Å². The number of aromatic nitrogens is 2. The molecule has 13 heteroatoms. The van der Waals surface area contributed by atoms with Crippen molar-refractivity contribution in [3.8, 4) is 0 Å². The van der Waals surface area contributed by atoms with Crippen molar-refractivity contribution in [2.45, 2.75) is 86.3 Å². The molecule has 10 nitrogen and oxygen atoms in total. The van der Waals surface area contributed by atoms with Crippen molar-refractivity contribution in [3.05, 3.63) is 58.9 Å². The molecule has 2 saturated heterocycles. The number of oxazole rings is 1. The molecule has 0 aliphatic carbocycles. The highest BCUT2D eigenvalue weighted by atomic mass is 32.2. The fraction of sp³-hybridized carbons (Fsp3) is 0.516. The third-order valence-electron chi connectivity index (χ3n) is 8.63. The van der Waals surface area contributed by atoms with Crippen molar-refractivity contribution in [1.82, 2.24) is 19.8 Å². The van der Waals surface area contributed by atoms with E-state index in [2.05, 4.69) is 58.7 Å². The van der Waals surface area contributed by atoms with Crippen LogP contribution in [0.15, 0.2) is 39.2 Å². The van der Waals surface area contributed by atoms with Crippen molar-refractivity contribution >= 4 is 58.6 Å². The number of thiazole rings is 1. The topological polar surface area (TPSA) is 126 Å². The molecular weight excluding hydrogens is 617 g/mol. The Kier molecular flexibility index (Phi) is 8.95. The normalized spacial score (nSPS) is 22.1. The van der Waals surface area contributed by atoms with Crippen LogP contribution in [-0.2, 0) is 38.6 Å². The molecule has 0 spiro atoms. The number of piperidine rings is 2. The second-order valence-corrected chi connectivity index (χ2v) is 15.5. The number of nitrogens with two attached hydrogens (primary N) is 1. The Bertz CT molecular complexity index is 1560. The standard InChI is InChI=1S/C31H38N6O4S3/c1-31(2,3)23-13-33-24(41-23)17-43-26-14-34-30(44-26)37-25(38)7-6-22(28(37)40)36-16-20-12-18(4-5-21(20)29(36)42)15-35-10-8-19(9-11-35)27(32)39/h4-5,12-14,19,22,29,42H,6-11,15-17H2,1-3H3,(H2,32,39). The first-order chi connectivity index (χ1) is 21.0. The van der Waals surface area contributed by atoms with Crippen LogP contribution in [0, 0.1) is 5.92 Å². The number of thiol groups is 1. The molecule has 1 aromatic carbocycles. The van der Waals surface area contributed by atoms with Gasteiger partial charge in [0.2, 0.25) is 17.7 Å². The van der Waals surface area contributed by atoms with Gasteiger partial charge in [-0.05, 0) is 49.0 Å². The summed E-state index contributed by atoms with van der Waals surface area (Å²) in [4.78, 5) is 52.9. The van der Waals surface area contributed by atoms with Gasteiger partial charge >= 0.3 is 0 Å². The van der Waals surface area contributed by atoms with E-state index in [1.54, 1.807) is 12.4 Å². The first-order valence-electron chi connectivity index (χ1n) is 15.0. The molecule has 2 atom stereocenters. The van der Waals surface area contributed by atoms with E-state index in [0.717, 1.165) is 53.6 Å². The SMILES string of the molecule is CC(C)(C)c1cnc(CSc2cnc(N3C(=O)CCC(N4Cc5cc(CN6CCC(C(N)=O)CC6)ccc5C4S)C3=O)s2)o1. The Labute approximate surface area is 271 Å². The lowest BCUT2D eigenvalue weighted by Crippen LogP contribution is -2.54. The van der Waals surface area contributed by atoms with E-state index in [1.165, 1.54) is 33.6 Å². The van der Waals surface area contributed by atoms with Gasteiger partial charge in [0.05, 0.1) is 33.8 Å². The molecule has 2 aromatic heterocycles. The predicted molar refractivity (Wildman–Crippen MR) is 173 cm³/mol. The van der Waals surface area contributed by atoms with E-state index in [-0.39, 0.29) is 40.8 Å². The minimum atomic E-state index is -0.470. The third kappa shape index (κ3) is 6.48. The van der Waals surface area contributed by atoms with Crippen LogP contribution in [0.25, 0.3) is 0 Å². The van der Waals surface area contributed by atoms with Crippen LogP contribution in [-0.4, -0.2) is 56.6 Å². The zero-order chi connectivity index (χ0) is 31.2. The molecule has 234 valence electrons. The van der Waals surface area contributed by atoms with Gasteiger partial charge in [-0.2, -0.15) is 12.6 Å². The number of benzene rings is 1. The Morgan fingerprint density at radius 3 is 2.64 bits per heavy atom. The molecule has 0 bridgehead atoms. The highest BCUT2D eigenvalue weighted by Gasteiger charge is 2.44. The maximum atomic E-state index is 13.8. The van der Waals surface area contributed by atoms with E-state index in [4.69, 9.17) is 22.8 Å². The average Bonchev–Trinajstić information content (AvgIpc) is 3.72. The summed E-state index contributed by atoms with van der Waals surface area (Å²) in [6, 6.07) is 5.97. The number of fused-ring (bicyclic) bond motifs is 1. The second-order valence-electron chi connectivity index (χ2n) is 12.8. The molecule has 6 rings (SSSR count). The number of rotatable bonds is 8. The minimum Gasteiger partial charge on any atom is -0.444 e. The van der Waals surface area contributed by atoms with Crippen molar-refractivity contribution in [1.29, 1.82) is 0 Å². The summed E-state index contributed by atoms with van der Waals surface area (Å²) in [5, 5.41) is 0.153. The largest absolute Gasteiger partial charge is 0.444 e. The second kappa shape index (κ2) is 12.6. The van der Waals surface area contributed by atoms with Crippen LogP contribution in [0.2, 0.25) is 0 Å². The first kappa shape index (κ1) is 31.3. The van der Waals surface area contributed by atoms with E-state index in [0.29, 0.717) is 29.7 Å². The number of carbonyl (C=O) groups is 3. The summed E-state index contributed by atoms with van der Waals surface area (Å²) in [6.45, 7) is 9.32. The Morgan fingerprint density at radius 1 is 1.16 bits per heavy atom. The smallest absolute Gasteiger partial charge is 0.253 e. The molecule has 44 heavy (non-hydrogen) atoms. The Hall–Kier alpha value is -2.71. The van der Waals surface area contributed by atoms with Crippen molar-refractivity contribution in [2.24, 2.45) is 11.7 Å². The molecular formula is C31H38N6O4S3. The summed E-state index contributed by atoms with van der Waals surface area (Å²) >= 11 is 7.77. The Balaban J connectivity index is 1.10.